The third kappa shape index (κ3) is 6.77. The summed E-state index contributed by atoms with van der Waals surface area (Å²) in [6, 6.07) is 7.91. The van der Waals surface area contributed by atoms with Gasteiger partial charge in [-0.25, -0.2) is 20.0 Å². The summed E-state index contributed by atoms with van der Waals surface area (Å²) in [5.74, 6) is 0.0770. The highest BCUT2D eigenvalue weighted by Crippen LogP contribution is 2.47. The molecule has 0 amide bonds. The zero-order chi connectivity index (χ0) is 29.3. The van der Waals surface area contributed by atoms with E-state index in [9.17, 15) is 15.0 Å². The van der Waals surface area contributed by atoms with Crippen LogP contribution in [0.15, 0.2) is 43.0 Å². The van der Waals surface area contributed by atoms with Crippen LogP contribution in [0, 0.1) is 5.41 Å². The van der Waals surface area contributed by atoms with Crippen LogP contribution in [0.4, 0.5) is 5.82 Å². The maximum absolute atomic E-state index is 12.7. The summed E-state index contributed by atoms with van der Waals surface area (Å²) in [5.41, 5.74) is 4.57. The normalized spacial score (nSPS) is 25.4. The molecule has 5 N–H and O–H groups in total. The van der Waals surface area contributed by atoms with Crippen LogP contribution >= 0.6 is 6.64 Å². The minimum absolute atomic E-state index is 0.168. The standard InChI is InChI=1S/C25H35N6O7PS/c1-15(22(33)35-12-24(2,3)4)30-39(40,38-16-9-7-6-8-10-16)36-11-17-19(32)25(5,34)23(37-17)31-14-29-18-20(26)27-13-28-21(18)31/h6-10,13-15,17,19,23,32,34H,11-12H2,1-5H3,(H,30,40)(H2,26,27,28)/t15-,17+,19+,23+,25+,39?/m0/s1. The van der Waals surface area contributed by atoms with Gasteiger partial charge >= 0.3 is 12.6 Å². The molecule has 0 radical (unpaired) electrons. The van der Waals surface area contributed by atoms with Crippen molar-refractivity contribution in [1.29, 1.82) is 0 Å². The van der Waals surface area contributed by atoms with Crippen LogP contribution in [-0.2, 0) is 30.6 Å². The lowest BCUT2D eigenvalue weighted by Crippen LogP contribution is -2.44. The fourth-order valence-corrected chi connectivity index (χ4v) is 6.42. The maximum Gasteiger partial charge on any atom is 0.323 e. The monoisotopic (exact) mass is 594 g/mol. The number of carbonyl (C=O) groups excluding carboxylic acids is 1. The lowest BCUT2D eigenvalue weighted by atomic mass is 9.96. The molecule has 13 nitrogen and oxygen atoms in total. The first-order chi connectivity index (χ1) is 18.7. The molecule has 1 aliphatic rings. The lowest BCUT2D eigenvalue weighted by Gasteiger charge is -2.29. The van der Waals surface area contributed by atoms with Gasteiger partial charge in [0, 0.05) is 0 Å². The van der Waals surface area contributed by atoms with Crippen molar-refractivity contribution in [2.45, 2.75) is 64.7 Å². The number of esters is 1. The molecule has 1 saturated heterocycles. The molecule has 0 spiro atoms. The first-order valence-electron chi connectivity index (χ1n) is 12.6. The second kappa shape index (κ2) is 11.6. The van der Waals surface area contributed by atoms with Crippen molar-refractivity contribution in [3.63, 3.8) is 0 Å². The molecule has 2 aromatic heterocycles. The largest absolute Gasteiger partial charge is 0.464 e. The summed E-state index contributed by atoms with van der Waals surface area (Å²) >= 11 is 5.76. The number of aliphatic hydroxyl groups is 2. The summed E-state index contributed by atoms with van der Waals surface area (Å²) in [6.45, 7) is 5.44. The zero-order valence-electron chi connectivity index (χ0n) is 22.9. The van der Waals surface area contributed by atoms with E-state index in [2.05, 4.69) is 20.0 Å². The van der Waals surface area contributed by atoms with Crippen molar-refractivity contribution >= 4 is 41.4 Å². The van der Waals surface area contributed by atoms with Crippen molar-refractivity contribution in [2.24, 2.45) is 5.41 Å². The Morgan fingerprint density at radius 1 is 1.30 bits per heavy atom. The van der Waals surface area contributed by atoms with Crippen LogP contribution < -0.4 is 15.3 Å². The van der Waals surface area contributed by atoms with Gasteiger partial charge in [-0.15, -0.1) is 0 Å². The van der Waals surface area contributed by atoms with Gasteiger partial charge in [0.1, 0.15) is 41.4 Å². The summed E-state index contributed by atoms with van der Waals surface area (Å²) in [7, 11) is 0. The molecule has 0 saturated carbocycles. The minimum atomic E-state index is -3.41. The van der Waals surface area contributed by atoms with Crippen LogP contribution in [0.1, 0.15) is 40.8 Å². The number of carbonyl (C=O) groups is 1. The van der Waals surface area contributed by atoms with Crippen LogP contribution in [-0.4, -0.2) is 72.8 Å². The average Bonchev–Trinajstić information content (AvgIpc) is 3.40. The molecule has 0 bridgehead atoms. The van der Waals surface area contributed by atoms with E-state index in [1.807, 2.05) is 26.8 Å². The Hall–Kier alpha value is -2.71. The SMILES string of the molecule is C[C@H](NP(=S)(OC[C@H]1O[C@@H](n2cnc3c(N)ncnc32)[C@](C)(O)[C@@H]1O)Oc1ccccc1)C(=O)OCC(C)(C)C. The molecule has 3 heterocycles. The Kier molecular flexibility index (Phi) is 8.81. The average molecular weight is 595 g/mol. The first kappa shape index (κ1) is 30.3. The predicted octanol–water partition coefficient (Wildman–Crippen LogP) is 2.31. The van der Waals surface area contributed by atoms with Crippen molar-refractivity contribution < 1.29 is 33.5 Å². The Bertz CT molecular complexity index is 1380. The van der Waals surface area contributed by atoms with E-state index in [4.69, 9.17) is 36.1 Å². The Morgan fingerprint density at radius 2 is 2.00 bits per heavy atom. The van der Waals surface area contributed by atoms with Gasteiger partial charge in [-0.3, -0.25) is 9.36 Å². The molecule has 1 aliphatic heterocycles. The second-order valence-corrected chi connectivity index (χ2v) is 14.1. The Labute approximate surface area is 237 Å². The molecule has 3 aromatic rings. The van der Waals surface area contributed by atoms with E-state index in [0.29, 0.717) is 16.9 Å². The number of anilines is 1. The van der Waals surface area contributed by atoms with E-state index in [-0.39, 0.29) is 24.4 Å². The van der Waals surface area contributed by atoms with Crippen molar-refractivity contribution in [3.05, 3.63) is 43.0 Å². The van der Waals surface area contributed by atoms with Crippen molar-refractivity contribution in [1.82, 2.24) is 24.6 Å². The molecule has 0 aliphatic carbocycles. The number of hydrogen-bond acceptors (Lipinski definition) is 12. The third-order valence-electron chi connectivity index (χ3n) is 6.12. The third-order valence-corrected chi connectivity index (χ3v) is 8.62. The molecule has 1 unspecified atom stereocenters. The molecular formula is C25H35N6O7PS. The number of rotatable bonds is 10. The molecule has 40 heavy (non-hydrogen) atoms. The van der Waals surface area contributed by atoms with Gasteiger partial charge in [-0.1, -0.05) is 39.0 Å². The van der Waals surface area contributed by atoms with Crippen LogP contribution in [0.5, 0.6) is 5.75 Å². The van der Waals surface area contributed by atoms with E-state index in [1.54, 1.807) is 31.2 Å². The number of nitrogen functional groups attached to an aromatic ring is 1. The first-order valence-corrected chi connectivity index (χ1v) is 15.3. The Balaban J connectivity index is 1.51. The quantitative estimate of drug-likeness (QED) is 0.199. The number of aliphatic hydroxyl groups excluding tert-OH is 1. The van der Waals surface area contributed by atoms with Crippen LogP contribution in [0.2, 0.25) is 0 Å². The number of hydrogen-bond donors (Lipinski definition) is 4. The highest BCUT2D eigenvalue weighted by Gasteiger charge is 2.54. The number of nitrogens with zero attached hydrogens (tertiary/aromatic N) is 4. The summed E-state index contributed by atoms with van der Waals surface area (Å²) in [5, 5.41) is 25.2. The topological polar surface area (TPSA) is 176 Å². The molecule has 4 rings (SSSR count). The fraction of sp³-hybridized carbons (Fsp3) is 0.520. The summed E-state index contributed by atoms with van der Waals surface area (Å²) in [4.78, 5) is 25.0. The van der Waals surface area contributed by atoms with E-state index in [1.165, 1.54) is 24.1 Å². The fourth-order valence-electron chi connectivity index (χ4n) is 4.00. The van der Waals surface area contributed by atoms with Gasteiger partial charge in [0.05, 0.1) is 19.5 Å². The number of benzene rings is 1. The highest BCUT2D eigenvalue weighted by atomic mass is 32.5. The van der Waals surface area contributed by atoms with E-state index >= 15 is 0 Å². The lowest BCUT2D eigenvalue weighted by molar-refractivity contribution is -0.148. The maximum atomic E-state index is 12.7. The van der Waals surface area contributed by atoms with Crippen LogP contribution in [0.3, 0.4) is 0 Å². The van der Waals surface area contributed by atoms with Gasteiger partial charge < -0.3 is 34.5 Å². The van der Waals surface area contributed by atoms with Gasteiger partial charge in [0.25, 0.3) is 0 Å². The number of nitrogens with two attached hydrogens (primary N) is 1. The van der Waals surface area contributed by atoms with E-state index in [0.717, 1.165) is 0 Å². The predicted molar refractivity (Wildman–Crippen MR) is 151 cm³/mol. The Morgan fingerprint density at radius 3 is 2.67 bits per heavy atom. The van der Waals surface area contributed by atoms with E-state index < -0.39 is 42.7 Å². The van der Waals surface area contributed by atoms with Gasteiger partial charge in [-0.05, 0) is 43.2 Å². The molecule has 1 fully saturated rings. The molecule has 1 aromatic carbocycles. The molecule has 6 atom stereocenters. The van der Waals surface area contributed by atoms with Crippen LogP contribution in [0.25, 0.3) is 11.2 Å². The number of nitrogens with one attached hydrogen (secondary N) is 1. The summed E-state index contributed by atoms with van der Waals surface area (Å²) < 4.78 is 25.0. The molecular weight excluding hydrogens is 559 g/mol. The number of ether oxygens (including phenoxy) is 2. The molecule has 218 valence electrons. The number of imidazole rings is 1. The van der Waals surface area contributed by atoms with Gasteiger partial charge in [-0.2, -0.15) is 0 Å². The zero-order valence-corrected chi connectivity index (χ0v) is 24.6. The summed E-state index contributed by atoms with van der Waals surface area (Å²) in [6.07, 6.45) is -0.818. The second-order valence-electron chi connectivity index (χ2n) is 11.0. The number of para-hydroxylation sites is 1. The van der Waals surface area contributed by atoms with Crippen molar-refractivity contribution in [2.75, 3.05) is 18.9 Å². The number of fused-ring (bicyclic) bond motifs is 1. The van der Waals surface area contributed by atoms with Crippen molar-refractivity contribution in [3.8, 4) is 5.75 Å². The van der Waals surface area contributed by atoms with Gasteiger partial charge in [0.15, 0.2) is 17.7 Å². The smallest absolute Gasteiger partial charge is 0.323 e. The number of aromatic nitrogens is 4. The van der Waals surface area contributed by atoms with Gasteiger partial charge in [0.2, 0.25) is 0 Å². The molecule has 15 heteroatoms. The highest BCUT2D eigenvalue weighted by molar-refractivity contribution is 8.09. The minimum Gasteiger partial charge on any atom is -0.464 e.